The monoisotopic (exact) mass is 171 g/mol. The first-order valence-electron chi connectivity index (χ1n) is 4.88. The van der Waals surface area contributed by atoms with Gasteiger partial charge in [-0.3, -0.25) is 4.90 Å². The van der Waals surface area contributed by atoms with E-state index in [4.69, 9.17) is 4.74 Å². The van der Waals surface area contributed by atoms with Crippen LogP contribution in [0.1, 0.15) is 19.3 Å². The minimum atomic E-state index is -0.253. The van der Waals surface area contributed by atoms with Gasteiger partial charge in [-0.1, -0.05) is 0 Å². The van der Waals surface area contributed by atoms with E-state index in [-0.39, 0.29) is 6.10 Å². The molecule has 0 aliphatic carbocycles. The fourth-order valence-electron chi connectivity index (χ4n) is 2.21. The summed E-state index contributed by atoms with van der Waals surface area (Å²) in [6.07, 6.45) is 3.34. The van der Waals surface area contributed by atoms with Crippen LogP contribution in [0.5, 0.6) is 0 Å². The summed E-state index contributed by atoms with van der Waals surface area (Å²) in [6, 6.07) is 0.376. The molecule has 1 N–H and O–H groups in total. The highest BCUT2D eigenvalue weighted by Gasteiger charge is 2.30. The van der Waals surface area contributed by atoms with Crippen molar-refractivity contribution in [2.24, 2.45) is 0 Å². The number of hydrogen-bond donors (Lipinski definition) is 1. The molecule has 3 heteroatoms. The van der Waals surface area contributed by atoms with Crippen molar-refractivity contribution in [1.82, 2.24) is 4.90 Å². The van der Waals surface area contributed by atoms with E-state index >= 15 is 0 Å². The molecular weight excluding hydrogens is 154 g/mol. The molecule has 0 aromatic carbocycles. The van der Waals surface area contributed by atoms with Crippen molar-refractivity contribution in [3.8, 4) is 0 Å². The van der Waals surface area contributed by atoms with Crippen LogP contribution in [0.3, 0.4) is 0 Å². The van der Waals surface area contributed by atoms with Crippen LogP contribution in [-0.2, 0) is 4.74 Å². The van der Waals surface area contributed by atoms with Crippen LogP contribution >= 0.6 is 0 Å². The number of aliphatic hydroxyl groups excluding tert-OH is 1. The van der Waals surface area contributed by atoms with Gasteiger partial charge in [0.1, 0.15) is 0 Å². The van der Waals surface area contributed by atoms with Crippen LogP contribution in [0.4, 0.5) is 0 Å². The van der Waals surface area contributed by atoms with Crippen LogP contribution in [0.2, 0.25) is 0 Å². The predicted octanol–water partition coefficient (Wildman–Crippen LogP) is 0.232. The van der Waals surface area contributed by atoms with Gasteiger partial charge < -0.3 is 9.84 Å². The predicted molar refractivity (Wildman–Crippen MR) is 46.0 cm³/mol. The van der Waals surface area contributed by atoms with Gasteiger partial charge in [-0.25, -0.2) is 0 Å². The highest BCUT2D eigenvalue weighted by Crippen LogP contribution is 2.19. The Morgan fingerprint density at radius 1 is 1.25 bits per heavy atom. The average Bonchev–Trinajstić information content (AvgIpc) is 2.57. The molecule has 3 nitrogen and oxygen atoms in total. The van der Waals surface area contributed by atoms with Crippen LogP contribution in [0.15, 0.2) is 0 Å². The van der Waals surface area contributed by atoms with E-state index in [0.717, 1.165) is 13.0 Å². The quantitative estimate of drug-likeness (QED) is 0.613. The zero-order valence-electron chi connectivity index (χ0n) is 7.41. The molecule has 0 radical (unpaired) electrons. The normalized spacial score (nSPS) is 38.8. The molecule has 2 heterocycles. The summed E-state index contributed by atoms with van der Waals surface area (Å²) in [5.41, 5.74) is 0. The number of ether oxygens (including phenoxy) is 1. The average molecular weight is 171 g/mol. The second-order valence-electron chi connectivity index (χ2n) is 3.74. The standard InChI is InChI=1S/C9H17NO2/c11-9-7-12-6-3-8(9)10-4-1-2-5-10/h8-9,11H,1-7H2. The highest BCUT2D eigenvalue weighted by molar-refractivity contribution is 4.84. The Bertz CT molecular complexity index is 145. The van der Waals surface area contributed by atoms with Crippen molar-refractivity contribution < 1.29 is 9.84 Å². The van der Waals surface area contributed by atoms with E-state index < -0.39 is 0 Å². The Labute approximate surface area is 73.3 Å². The molecule has 0 amide bonds. The molecule has 2 fully saturated rings. The van der Waals surface area contributed by atoms with Crippen molar-refractivity contribution in [2.75, 3.05) is 26.3 Å². The van der Waals surface area contributed by atoms with Gasteiger partial charge in [-0.05, 0) is 32.4 Å². The number of rotatable bonds is 1. The minimum Gasteiger partial charge on any atom is -0.389 e. The number of likely N-dealkylation sites (tertiary alicyclic amines) is 1. The van der Waals surface area contributed by atoms with E-state index in [0.29, 0.717) is 12.6 Å². The Kier molecular flexibility index (Phi) is 2.63. The van der Waals surface area contributed by atoms with Gasteiger partial charge in [-0.2, -0.15) is 0 Å². The Morgan fingerprint density at radius 3 is 2.67 bits per heavy atom. The summed E-state index contributed by atoms with van der Waals surface area (Å²) >= 11 is 0. The van der Waals surface area contributed by atoms with Crippen LogP contribution < -0.4 is 0 Å². The van der Waals surface area contributed by atoms with Gasteiger partial charge in [0.2, 0.25) is 0 Å². The van der Waals surface area contributed by atoms with Crippen molar-refractivity contribution >= 4 is 0 Å². The van der Waals surface area contributed by atoms with Crippen molar-refractivity contribution in [2.45, 2.75) is 31.4 Å². The van der Waals surface area contributed by atoms with Gasteiger partial charge in [0, 0.05) is 12.6 Å². The van der Waals surface area contributed by atoms with Crippen molar-refractivity contribution in [3.05, 3.63) is 0 Å². The zero-order chi connectivity index (χ0) is 8.39. The highest BCUT2D eigenvalue weighted by atomic mass is 16.5. The minimum absolute atomic E-state index is 0.253. The maximum atomic E-state index is 9.66. The third kappa shape index (κ3) is 1.63. The third-order valence-electron chi connectivity index (χ3n) is 2.90. The lowest BCUT2D eigenvalue weighted by Gasteiger charge is -2.34. The molecule has 0 saturated carbocycles. The van der Waals surface area contributed by atoms with Gasteiger partial charge in [0.05, 0.1) is 12.7 Å². The molecule has 0 bridgehead atoms. The van der Waals surface area contributed by atoms with Crippen LogP contribution in [0, 0.1) is 0 Å². The largest absolute Gasteiger partial charge is 0.389 e. The molecule has 2 saturated heterocycles. The molecule has 0 spiro atoms. The summed E-state index contributed by atoms with van der Waals surface area (Å²) in [4.78, 5) is 2.41. The fourth-order valence-corrected chi connectivity index (χ4v) is 2.21. The van der Waals surface area contributed by atoms with Gasteiger partial charge >= 0.3 is 0 Å². The summed E-state index contributed by atoms with van der Waals surface area (Å²) in [7, 11) is 0. The summed E-state index contributed by atoms with van der Waals surface area (Å²) in [6.45, 7) is 3.68. The Balaban J connectivity index is 1.91. The molecule has 2 atom stereocenters. The topological polar surface area (TPSA) is 32.7 Å². The van der Waals surface area contributed by atoms with Crippen molar-refractivity contribution in [1.29, 1.82) is 0 Å². The maximum absolute atomic E-state index is 9.66. The smallest absolute Gasteiger partial charge is 0.0929 e. The molecular formula is C9H17NO2. The van der Waals surface area contributed by atoms with E-state index in [2.05, 4.69) is 4.90 Å². The second-order valence-corrected chi connectivity index (χ2v) is 3.74. The van der Waals surface area contributed by atoms with E-state index in [9.17, 15) is 5.11 Å². The summed E-state index contributed by atoms with van der Waals surface area (Å²) in [5.74, 6) is 0. The molecule has 70 valence electrons. The van der Waals surface area contributed by atoms with E-state index in [1.54, 1.807) is 0 Å². The first kappa shape index (κ1) is 8.48. The van der Waals surface area contributed by atoms with E-state index in [1.807, 2.05) is 0 Å². The molecule has 2 aliphatic heterocycles. The molecule has 0 aromatic heterocycles. The molecule has 2 rings (SSSR count). The zero-order valence-corrected chi connectivity index (χ0v) is 7.41. The number of hydrogen-bond acceptors (Lipinski definition) is 3. The van der Waals surface area contributed by atoms with E-state index in [1.165, 1.54) is 25.9 Å². The Morgan fingerprint density at radius 2 is 2.00 bits per heavy atom. The molecule has 0 aromatic rings. The number of aliphatic hydroxyl groups is 1. The lowest BCUT2D eigenvalue weighted by atomic mass is 10.1. The first-order chi connectivity index (χ1) is 5.88. The fraction of sp³-hybridized carbons (Fsp3) is 1.00. The van der Waals surface area contributed by atoms with Gasteiger partial charge in [-0.15, -0.1) is 0 Å². The van der Waals surface area contributed by atoms with Gasteiger partial charge in [0.25, 0.3) is 0 Å². The van der Waals surface area contributed by atoms with Gasteiger partial charge in [0.15, 0.2) is 0 Å². The lowest BCUT2D eigenvalue weighted by Crippen LogP contribution is -2.47. The maximum Gasteiger partial charge on any atom is 0.0929 e. The SMILES string of the molecule is OC1COCCC1N1CCCC1. The Hall–Kier alpha value is -0.120. The van der Waals surface area contributed by atoms with Crippen LogP contribution in [0.25, 0.3) is 0 Å². The summed E-state index contributed by atoms with van der Waals surface area (Å²) < 4.78 is 5.19. The lowest BCUT2D eigenvalue weighted by molar-refractivity contribution is -0.0593. The molecule has 12 heavy (non-hydrogen) atoms. The molecule has 2 aliphatic rings. The second kappa shape index (κ2) is 3.73. The van der Waals surface area contributed by atoms with Crippen LogP contribution in [-0.4, -0.2) is 48.5 Å². The van der Waals surface area contributed by atoms with Crippen molar-refractivity contribution in [3.63, 3.8) is 0 Å². The first-order valence-corrected chi connectivity index (χ1v) is 4.88. The molecule has 2 unspecified atom stereocenters. The number of nitrogens with zero attached hydrogens (tertiary/aromatic N) is 1. The summed E-state index contributed by atoms with van der Waals surface area (Å²) in [5, 5.41) is 9.66. The third-order valence-corrected chi connectivity index (χ3v) is 2.90.